The summed E-state index contributed by atoms with van der Waals surface area (Å²) in [4.78, 5) is 25.8. The molecule has 1 N–H and O–H groups in total. The second kappa shape index (κ2) is 9.13. The van der Waals surface area contributed by atoms with Crippen LogP contribution in [-0.2, 0) is 4.79 Å². The number of fused-ring (bicyclic) bond motifs is 1. The lowest BCUT2D eigenvalue weighted by atomic mass is 9.94. The SMILES string of the molecule is Cc1ccc(-c2c(C)sc3ncnc(NCCC(=O)N(C)C4CCCCC4)c23)cc1. The number of nitrogens with zero attached hydrogens (tertiary/aromatic N) is 3. The van der Waals surface area contributed by atoms with Crippen LogP contribution in [0.2, 0.25) is 0 Å². The smallest absolute Gasteiger partial charge is 0.224 e. The minimum Gasteiger partial charge on any atom is -0.369 e. The van der Waals surface area contributed by atoms with E-state index in [1.54, 1.807) is 17.7 Å². The fourth-order valence-electron chi connectivity index (χ4n) is 4.38. The molecule has 3 aromatic rings. The van der Waals surface area contributed by atoms with Crippen molar-refractivity contribution >= 4 is 33.3 Å². The van der Waals surface area contributed by atoms with E-state index in [-0.39, 0.29) is 5.91 Å². The van der Waals surface area contributed by atoms with E-state index < -0.39 is 0 Å². The van der Waals surface area contributed by atoms with Crippen molar-refractivity contribution in [3.05, 3.63) is 41.0 Å². The monoisotopic (exact) mass is 422 g/mol. The molecule has 0 spiro atoms. The summed E-state index contributed by atoms with van der Waals surface area (Å²) in [5.41, 5.74) is 3.60. The molecule has 0 radical (unpaired) electrons. The van der Waals surface area contributed by atoms with Crippen LogP contribution in [0.3, 0.4) is 0 Å². The first-order valence-corrected chi connectivity index (χ1v) is 11.7. The second-order valence-corrected chi connectivity index (χ2v) is 9.48. The molecule has 1 aromatic carbocycles. The predicted octanol–water partition coefficient (Wildman–Crippen LogP) is 5.57. The highest BCUT2D eigenvalue weighted by molar-refractivity contribution is 7.19. The quantitative estimate of drug-likeness (QED) is 0.564. The van der Waals surface area contributed by atoms with Gasteiger partial charge >= 0.3 is 0 Å². The van der Waals surface area contributed by atoms with Crippen LogP contribution in [0.1, 0.15) is 49.0 Å². The van der Waals surface area contributed by atoms with Crippen molar-refractivity contribution in [3.63, 3.8) is 0 Å². The average molecular weight is 423 g/mol. The number of thiophene rings is 1. The molecule has 30 heavy (non-hydrogen) atoms. The Kier molecular flexibility index (Phi) is 6.32. The number of carbonyl (C=O) groups is 1. The van der Waals surface area contributed by atoms with Gasteiger partial charge in [0.25, 0.3) is 0 Å². The van der Waals surface area contributed by atoms with E-state index in [1.165, 1.54) is 40.8 Å². The molecule has 0 aliphatic heterocycles. The van der Waals surface area contributed by atoms with Gasteiger partial charge in [0.1, 0.15) is 17.0 Å². The van der Waals surface area contributed by atoms with Gasteiger partial charge in [-0.3, -0.25) is 4.79 Å². The van der Waals surface area contributed by atoms with Crippen molar-refractivity contribution in [2.24, 2.45) is 0 Å². The average Bonchev–Trinajstić information content (AvgIpc) is 3.11. The van der Waals surface area contributed by atoms with Crippen LogP contribution in [-0.4, -0.2) is 40.4 Å². The van der Waals surface area contributed by atoms with Crippen molar-refractivity contribution in [1.29, 1.82) is 0 Å². The number of hydrogen-bond donors (Lipinski definition) is 1. The third-order valence-corrected chi connectivity index (χ3v) is 7.16. The van der Waals surface area contributed by atoms with Crippen molar-refractivity contribution in [2.45, 2.75) is 58.4 Å². The Hall–Kier alpha value is -2.47. The molecule has 158 valence electrons. The summed E-state index contributed by atoms with van der Waals surface area (Å²) in [5.74, 6) is 1.02. The highest BCUT2D eigenvalue weighted by atomic mass is 32.1. The van der Waals surface area contributed by atoms with E-state index >= 15 is 0 Å². The predicted molar refractivity (Wildman–Crippen MR) is 125 cm³/mol. The Balaban J connectivity index is 1.50. The molecule has 1 aliphatic rings. The fraction of sp³-hybridized carbons (Fsp3) is 0.458. The molecule has 0 bridgehead atoms. The van der Waals surface area contributed by atoms with Crippen LogP contribution in [0.15, 0.2) is 30.6 Å². The molecular weight excluding hydrogens is 392 g/mol. The summed E-state index contributed by atoms with van der Waals surface area (Å²) in [6, 6.07) is 8.99. The summed E-state index contributed by atoms with van der Waals surface area (Å²) < 4.78 is 0. The highest BCUT2D eigenvalue weighted by Crippen LogP contribution is 2.40. The van der Waals surface area contributed by atoms with E-state index in [2.05, 4.69) is 53.4 Å². The summed E-state index contributed by atoms with van der Waals surface area (Å²) in [6.45, 7) is 4.80. The Morgan fingerprint density at radius 2 is 1.87 bits per heavy atom. The van der Waals surface area contributed by atoms with E-state index in [9.17, 15) is 4.79 Å². The maximum atomic E-state index is 12.7. The molecule has 6 heteroatoms. The first-order valence-electron chi connectivity index (χ1n) is 10.8. The van der Waals surface area contributed by atoms with E-state index in [1.807, 2.05) is 11.9 Å². The van der Waals surface area contributed by atoms with Crippen molar-refractivity contribution < 1.29 is 4.79 Å². The van der Waals surface area contributed by atoms with Crippen LogP contribution in [0.5, 0.6) is 0 Å². The molecule has 1 amide bonds. The van der Waals surface area contributed by atoms with E-state index in [0.29, 0.717) is 19.0 Å². The lowest BCUT2D eigenvalue weighted by Gasteiger charge is -2.31. The minimum atomic E-state index is 0.208. The zero-order chi connectivity index (χ0) is 21.1. The summed E-state index contributed by atoms with van der Waals surface area (Å²) in [6.07, 6.45) is 8.12. The number of anilines is 1. The number of hydrogen-bond acceptors (Lipinski definition) is 5. The standard InChI is InChI=1S/C24H30N4OS/c1-16-9-11-18(12-10-16)21-17(2)30-24-22(21)23(26-15-27-24)25-14-13-20(29)28(3)19-7-5-4-6-8-19/h9-12,15,19H,4-8,13-14H2,1-3H3,(H,25,26,27). The van der Waals surface area contributed by atoms with Gasteiger partial charge in [0, 0.05) is 36.5 Å². The lowest BCUT2D eigenvalue weighted by molar-refractivity contribution is -0.132. The van der Waals surface area contributed by atoms with Crippen molar-refractivity contribution in [1.82, 2.24) is 14.9 Å². The number of carbonyl (C=O) groups excluding carboxylic acids is 1. The normalized spacial score (nSPS) is 14.8. The van der Waals surface area contributed by atoms with Gasteiger partial charge in [-0.15, -0.1) is 11.3 Å². The number of aromatic nitrogens is 2. The maximum Gasteiger partial charge on any atom is 0.224 e. The van der Waals surface area contributed by atoms with Crippen molar-refractivity contribution in [2.75, 3.05) is 18.9 Å². The Morgan fingerprint density at radius 1 is 1.13 bits per heavy atom. The van der Waals surface area contributed by atoms with Crippen LogP contribution < -0.4 is 5.32 Å². The van der Waals surface area contributed by atoms with Crippen LogP contribution >= 0.6 is 11.3 Å². The lowest BCUT2D eigenvalue weighted by Crippen LogP contribution is -2.38. The van der Waals surface area contributed by atoms with Crippen LogP contribution in [0.4, 0.5) is 5.82 Å². The molecule has 0 atom stereocenters. The molecule has 5 nitrogen and oxygen atoms in total. The first-order chi connectivity index (χ1) is 14.5. The Morgan fingerprint density at radius 3 is 2.60 bits per heavy atom. The van der Waals surface area contributed by atoms with Gasteiger partial charge in [0.2, 0.25) is 5.91 Å². The van der Waals surface area contributed by atoms with Gasteiger partial charge in [-0.2, -0.15) is 0 Å². The second-order valence-electron chi connectivity index (χ2n) is 8.27. The van der Waals surface area contributed by atoms with Crippen LogP contribution in [0.25, 0.3) is 21.3 Å². The highest BCUT2D eigenvalue weighted by Gasteiger charge is 2.22. The third kappa shape index (κ3) is 4.33. The summed E-state index contributed by atoms with van der Waals surface area (Å²) in [7, 11) is 1.96. The first kappa shape index (κ1) is 20.8. The van der Waals surface area contributed by atoms with E-state index in [0.717, 1.165) is 28.9 Å². The zero-order valence-corrected chi connectivity index (χ0v) is 18.9. The molecule has 0 unspecified atom stereocenters. The van der Waals surface area contributed by atoms with Crippen molar-refractivity contribution in [3.8, 4) is 11.1 Å². The molecule has 1 saturated carbocycles. The number of rotatable bonds is 6. The minimum absolute atomic E-state index is 0.208. The fourth-order valence-corrected chi connectivity index (χ4v) is 5.39. The van der Waals surface area contributed by atoms with Gasteiger partial charge in [0.15, 0.2) is 0 Å². The molecule has 2 heterocycles. The number of amides is 1. The molecule has 0 saturated heterocycles. The molecule has 4 rings (SSSR count). The van der Waals surface area contributed by atoms with E-state index in [4.69, 9.17) is 0 Å². The molecular formula is C24H30N4OS. The van der Waals surface area contributed by atoms with Crippen LogP contribution in [0, 0.1) is 13.8 Å². The summed E-state index contributed by atoms with van der Waals surface area (Å²) >= 11 is 1.69. The number of aryl methyl sites for hydroxylation is 2. The molecule has 2 aromatic heterocycles. The Bertz CT molecular complexity index is 1020. The number of nitrogens with one attached hydrogen (secondary N) is 1. The van der Waals surface area contributed by atoms with Gasteiger partial charge in [-0.1, -0.05) is 49.1 Å². The zero-order valence-electron chi connectivity index (χ0n) is 18.1. The number of benzene rings is 1. The molecule has 1 fully saturated rings. The van der Waals surface area contributed by atoms with Gasteiger partial charge in [-0.25, -0.2) is 9.97 Å². The van der Waals surface area contributed by atoms with Gasteiger partial charge < -0.3 is 10.2 Å². The topological polar surface area (TPSA) is 58.1 Å². The molecule has 1 aliphatic carbocycles. The largest absolute Gasteiger partial charge is 0.369 e. The summed E-state index contributed by atoms with van der Waals surface area (Å²) in [5, 5.41) is 4.47. The van der Waals surface area contributed by atoms with Gasteiger partial charge in [-0.05, 0) is 32.3 Å². The van der Waals surface area contributed by atoms with Gasteiger partial charge in [0.05, 0.1) is 5.39 Å². The third-order valence-electron chi connectivity index (χ3n) is 6.15. The Labute approximate surface area is 182 Å². The maximum absolute atomic E-state index is 12.7.